The summed E-state index contributed by atoms with van der Waals surface area (Å²) in [5.41, 5.74) is 4.45. The number of carbonyl (C=O) groups excluding carboxylic acids is 1. The molecule has 1 N–H and O–H groups in total. The second-order valence-corrected chi connectivity index (χ2v) is 5.38. The molecule has 4 nitrogen and oxygen atoms in total. The van der Waals surface area contributed by atoms with Crippen LogP contribution in [0.15, 0.2) is 71.8 Å². The van der Waals surface area contributed by atoms with Crippen LogP contribution in [-0.4, -0.2) is 19.2 Å². The number of hydrogen-bond acceptors (Lipinski definition) is 3. The summed E-state index contributed by atoms with van der Waals surface area (Å²) < 4.78 is 5.10. The second kappa shape index (κ2) is 7.42. The van der Waals surface area contributed by atoms with Gasteiger partial charge in [0.15, 0.2) is 0 Å². The summed E-state index contributed by atoms with van der Waals surface area (Å²) >= 11 is 0. The van der Waals surface area contributed by atoms with E-state index in [1.54, 1.807) is 13.3 Å². The van der Waals surface area contributed by atoms with Gasteiger partial charge in [0, 0.05) is 0 Å². The summed E-state index contributed by atoms with van der Waals surface area (Å²) in [6.45, 7) is 0. The molecule has 4 heteroatoms. The monoisotopic (exact) mass is 318 g/mol. The highest BCUT2D eigenvalue weighted by Gasteiger charge is 2.05. The minimum absolute atomic E-state index is 0.142. The number of methoxy groups -OCH3 is 1. The summed E-state index contributed by atoms with van der Waals surface area (Å²) in [5, 5.41) is 6.23. The average Bonchev–Trinajstić information content (AvgIpc) is 2.63. The largest absolute Gasteiger partial charge is 0.497 e. The van der Waals surface area contributed by atoms with E-state index in [1.165, 1.54) is 0 Å². The fourth-order valence-electron chi connectivity index (χ4n) is 2.53. The molecule has 0 fully saturated rings. The molecular formula is C20H18N2O2. The first-order chi connectivity index (χ1) is 11.8. The molecule has 0 saturated heterocycles. The standard InChI is InChI=1S/C20H18N2O2/c1-24-18-11-9-15(10-12-18)14-21-22-20(23)13-17-7-4-6-16-5-2-3-8-19(16)17/h2-12,14H,13H2,1H3,(H,22,23)/b21-14+. The van der Waals surface area contributed by atoms with Gasteiger partial charge in [-0.25, -0.2) is 5.43 Å². The summed E-state index contributed by atoms with van der Waals surface area (Å²) in [6, 6.07) is 21.4. The van der Waals surface area contributed by atoms with Crippen molar-refractivity contribution >= 4 is 22.9 Å². The van der Waals surface area contributed by atoms with E-state index in [-0.39, 0.29) is 5.91 Å². The maximum absolute atomic E-state index is 12.1. The van der Waals surface area contributed by atoms with Crippen LogP contribution in [-0.2, 0) is 11.2 Å². The van der Waals surface area contributed by atoms with Crippen LogP contribution in [0.25, 0.3) is 10.8 Å². The van der Waals surface area contributed by atoms with Crippen LogP contribution in [0.4, 0.5) is 0 Å². The van der Waals surface area contributed by atoms with Crippen molar-refractivity contribution in [3.8, 4) is 5.75 Å². The lowest BCUT2D eigenvalue weighted by Crippen LogP contribution is -2.19. The van der Waals surface area contributed by atoms with Gasteiger partial charge < -0.3 is 4.74 Å². The molecule has 0 heterocycles. The predicted molar refractivity (Wildman–Crippen MR) is 96.4 cm³/mol. The van der Waals surface area contributed by atoms with E-state index >= 15 is 0 Å². The van der Waals surface area contributed by atoms with Crippen LogP contribution < -0.4 is 10.2 Å². The van der Waals surface area contributed by atoms with E-state index in [0.29, 0.717) is 6.42 Å². The van der Waals surface area contributed by atoms with E-state index in [4.69, 9.17) is 4.74 Å². The third-order valence-corrected chi connectivity index (χ3v) is 3.75. The highest BCUT2D eigenvalue weighted by atomic mass is 16.5. The van der Waals surface area contributed by atoms with Gasteiger partial charge in [0.2, 0.25) is 5.91 Å². The number of nitrogens with zero attached hydrogens (tertiary/aromatic N) is 1. The summed E-state index contributed by atoms with van der Waals surface area (Å²) in [6.07, 6.45) is 1.90. The lowest BCUT2D eigenvalue weighted by molar-refractivity contribution is -0.120. The smallest absolute Gasteiger partial charge is 0.244 e. The molecule has 0 radical (unpaired) electrons. The Morgan fingerprint density at radius 3 is 2.58 bits per heavy atom. The lowest BCUT2D eigenvalue weighted by atomic mass is 10.0. The fourth-order valence-corrected chi connectivity index (χ4v) is 2.53. The van der Waals surface area contributed by atoms with Crippen molar-refractivity contribution in [1.29, 1.82) is 0 Å². The first-order valence-electron chi connectivity index (χ1n) is 7.69. The molecule has 1 amide bonds. The number of carbonyl (C=O) groups is 1. The molecule has 0 unspecified atom stereocenters. The molecule has 3 aromatic carbocycles. The van der Waals surface area contributed by atoms with Crippen LogP contribution in [0.1, 0.15) is 11.1 Å². The Balaban J connectivity index is 1.63. The van der Waals surface area contributed by atoms with Crippen molar-refractivity contribution in [3.05, 3.63) is 77.9 Å². The first-order valence-corrected chi connectivity index (χ1v) is 7.69. The van der Waals surface area contributed by atoms with E-state index < -0.39 is 0 Å². The van der Waals surface area contributed by atoms with Crippen LogP contribution in [0, 0.1) is 0 Å². The lowest BCUT2D eigenvalue weighted by Gasteiger charge is -2.05. The number of amides is 1. The highest BCUT2D eigenvalue weighted by molar-refractivity contribution is 5.90. The predicted octanol–water partition coefficient (Wildman–Crippen LogP) is 3.54. The Hall–Kier alpha value is -3.14. The van der Waals surface area contributed by atoms with Crippen LogP contribution >= 0.6 is 0 Å². The average molecular weight is 318 g/mol. The quantitative estimate of drug-likeness (QED) is 0.578. The van der Waals surface area contributed by atoms with Crippen molar-refractivity contribution in [2.45, 2.75) is 6.42 Å². The van der Waals surface area contributed by atoms with Gasteiger partial charge in [0.25, 0.3) is 0 Å². The number of hydrogen-bond donors (Lipinski definition) is 1. The van der Waals surface area contributed by atoms with Gasteiger partial charge in [-0.3, -0.25) is 4.79 Å². The first kappa shape index (κ1) is 15.7. The van der Waals surface area contributed by atoms with Crippen molar-refractivity contribution in [1.82, 2.24) is 5.43 Å². The number of rotatable bonds is 5. The molecule has 0 saturated carbocycles. The van der Waals surface area contributed by atoms with Gasteiger partial charge >= 0.3 is 0 Å². The Kier molecular flexibility index (Phi) is 4.87. The van der Waals surface area contributed by atoms with Gasteiger partial charge in [-0.05, 0) is 46.2 Å². The summed E-state index contributed by atoms with van der Waals surface area (Å²) in [7, 11) is 1.62. The van der Waals surface area contributed by atoms with E-state index in [1.807, 2.05) is 66.7 Å². The molecule has 0 spiro atoms. The Bertz CT molecular complexity index is 865. The highest BCUT2D eigenvalue weighted by Crippen LogP contribution is 2.18. The zero-order valence-corrected chi connectivity index (χ0v) is 13.4. The van der Waals surface area contributed by atoms with Crippen molar-refractivity contribution in [2.24, 2.45) is 5.10 Å². The van der Waals surface area contributed by atoms with Gasteiger partial charge in [-0.2, -0.15) is 5.10 Å². The maximum Gasteiger partial charge on any atom is 0.244 e. The topological polar surface area (TPSA) is 50.7 Å². The minimum Gasteiger partial charge on any atom is -0.497 e. The van der Waals surface area contributed by atoms with E-state index in [2.05, 4.69) is 10.5 Å². The van der Waals surface area contributed by atoms with Gasteiger partial charge in [0.05, 0.1) is 19.7 Å². The molecule has 0 aliphatic heterocycles. The second-order valence-electron chi connectivity index (χ2n) is 5.38. The van der Waals surface area contributed by atoms with E-state index in [0.717, 1.165) is 27.6 Å². The minimum atomic E-state index is -0.142. The van der Waals surface area contributed by atoms with Gasteiger partial charge in [-0.1, -0.05) is 42.5 Å². The molecule has 120 valence electrons. The Morgan fingerprint density at radius 2 is 1.79 bits per heavy atom. The van der Waals surface area contributed by atoms with Crippen LogP contribution in [0.3, 0.4) is 0 Å². The summed E-state index contributed by atoms with van der Waals surface area (Å²) in [4.78, 5) is 12.1. The molecule has 0 aliphatic carbocycles. The van der Waals surface area contributed by atoms with Crippen molar-refractivity contribution in [3.63, 3.8) is 0 Å². The van der Waals surface area contributed by atoms with Crippen LogP contribution in [0.5, 0.6) is 5.75 Å². The zero-order valence-electron chi connectivity index (χ0n) is 13.4. The normalized spacial score (nSPS) is 10.9. The molecule has 3 aromatic rings. The SMILES string of the molecule is COc1ccc(/C=N/NC(=O)Cc2cccc3ccccc23)cc1. The van der Waals surface area contributed by atoms with Crippen molar-refractivity contribution in [2.75, 3.05) is 7.11 Å². The number of nitrogens with one attached hydrogen (secondary N) is 1. The third kappa shape index (κ3) is 3.79. The van der Waals surface area contributed by atoms with Crippen LogP contribution in [0.2, 0.25) is 0 Å². The number of fused-ring (bicyclic) bond motifs is 1. The molecular weight excluding hydrogens is 300 g/mol. The van der Waals surface area contributed by atoms with E-state index in [9.17, 15) is 4.79 Å². The van der Waals surface area contributed by atoms with Gasteiger partial charge in [0.1, 0.15) is 5.75 Å². The molecule has 0 bridgehead atoms. The molecule has 0 aromatic heterocycles. The summed E-state index contributed by atoms with van der Waals surface area (Å²) in [5.74, 6) is 0.642. The number of ether oxygens (including phenoxy) is 1. The molecule has 3 rings (SSSR count). The maximum atomic E-state index is 12.1. The molecule has 0 aliphatic rings. The fraction of sp³-hybridized carbons (Fsp3) is 0.100. The number of benzene rings is 3. The molecule has 24 heavy (non-hydrogen) atoms. The molecule has 0 atom stereocenters. The Labute approximate surface area is 140 Å². The zero-order chi connectivity index (χ0) is 16.8. The third-order valence-electron chi connectivity index (χ3n) is 3.75. The Morgan fingerprint density at radius 1 is 1.04 bits per heavy atom. The van der Waals surface area contributed by atoms with Gasteiger partial charge in [-0.15, -0.1) is 0 Å². The number of hydrazone groups is 1. The van der Waals surface area contributed by atoms with Crippen molar-refractivity contribution < 1.29 is 9.53 Å².